The second kappa shape index (κ2) is 4.82. The largest absolute Gasteiger partial charge is 0.350 e. The lowest BCUT2D eigenvalue weighted by Crippen LogP contribution is -2.38. The Morgan fingerprint density at radius 1 is 1.27 bits per heavy atom. The molecule has 2 nitrogen and oxygen atoms in total. The first-order valence-electron chi connectivity index (χ1n) is 5.86. The van der Waals surface area contributed by atoms with Gasteiger partial charge in [0.25, 0.3) is 0 Å². The summed E-state index contributed by atoms with van der Waals surface area (Å²) in [6, 6.07) is 0.370. The van der Waals surface area contributed by atoms with Crippen molar-refractivity contribution in [1.82, 2.24) is 5.32 Å². The van der Waals surface area contributed by atoms with Crippen LogP contribution in [0.2, 0.25) is 0 Å². The first-order chi connectivity index (χ1) is 6.93. The number of amides is 1. The number of nitrogens with one attached hydrogen (secondary N) is 1. The number of carbonyl (C=O) groups excluding carboxylic acids is 1. The summed E-state index contributed by atoms with van der Waals surface area (Å²) in [5.41, 5.74) is 0.410. The molecule has 0 aromatic heterocycles. The molecular weight excluding hydrogens is 186 g/mol. The van der Waals surface area contributed by atoms with Crippen LogP contribution in [0.25, 0.3) is 0 Å². The Balaban J connectivity index is 2.36. The Kier molecular flexibility index (Phi) is 3.95. The third-order valence-electron chi connectivity index (χ3n) is 3.48. The fraction of sp³-hybridized carbons (Fsp3) is 0.769. The highest BCUT2D eigenvalue weighted by Crippen LogP contribution is 2.37. The fourth-order valence-electron chi connectivity index (χ4n) is 2.36. The molecule has 0 aromatic carbocycles. The molecular formula is C13H23NO. The van der Waals surface area contributed by atoms with Gasteiger partial charge in [0, 0.05) is 6.04 Å². The van der Waals surface area contributed by atoms with Gasteiger partial charge in [-0.3, -0.25) is 4.79 Å². The summed E-state index contributed by atoms with van der Waals surface area (Å²) in [7, 11) is 0. The molecule has 0 bridgehead atoms. The van der Waals surface area contributed by atoms with Crippen molar-refractivity contribution >= 4 is 5.91 Å². The Bertz CT molecular complexity index is 231. The molecule has 1 saturated carbocycles. The van der Waals surface area contributed by atoms with Crippen LogP contribution in [0.1, 0.15) is 46.5 Å². The van der Waals surface area contributed by atoms with Crippen molar-refractivity contribution < 1.29 is 4.79 Å². The van der Waals surface area contributed by atoms with Gasteiger partial charge in [0.15, 0.2) is 0 Å². The normalized spacial score (nSPS) is 27.1. The second-order valence-corrected chi connectivity index (χ2v) is 5.63. The number of hydrogen-bond donors (Lipinski definition) is 1. The molecule has 86 valence electrons. The topological polar surface area (TPSA) is 29.1 Å². The van der Waals surface area contributed by atoms with Crippen LogP contribution in [0, 0.1) is 11.3 Å². The lowest BCUT2D eigenvalue weighted by atomic mass is 9.71. The third kappa shape index (κ3) is 3.69. The van der Waals surface area contributed by atoms with E-state index in [4.69, 9.17) is 0 Å². The van der Waals surface area contributed by atoms with Gasteiger partial charge in [0.05, 0.1) is 0 Å². The van der Waals surface area contributed by atoms with Crippen LogP contribution < -0.4 is 5.32 Å². The van der Waals surface area contributed by atoms with E-state index >= 15 is 0 Å². The van der Waals surface area contributed by atoms with E-state index in [1.807, 2.05) is 0 Å². The minimum Gasteiger partial charge on any atom is -0.350 e. The molecule has 2 heteroatoms. The first kappa shape index (κ1) is 12.3. The van der Waals surface area contributed by atoms with Gasteiger partial charge in [-0.1, -0.05) is 27.4 Å². The molecule has 1 aliphatic rings. The monoisotopic (exact) mass is 209 g/mol. The molecule has 1 rings (SSSR count). The van der Waals surface area contributed by atoms with Crippen molar-refractivity contribution in [3.63, 3.8) is 0 Å². The molecule has 0 unspecified atom stereocenters. The zero-order chi connectivity index (χ0) is 11.5. The lowest BCUT2D eigenvalue weighted by molar-refractivity contribution is -0.117. The highest BCUT2D eigenvalue weighted by Gasteiger charge is 2.29. The van der Waals surface area contributed by atoms with Crippen LogP contribution in [0.5, 0.6) is 0 Å². The van der Waals surface area contributed by atoms with Gasteiger partial charge < -0.3 is 5.32 Å². The summed E-state index contributed by atoms with van der Waals surface area (Å²) in [5, 5.41) is 2.98. The molecule has 1 fully saturated rings. The Labute approximate surface area is 93.1 Å². The number of carbonyl (C=O) groups is 1. The van der Waals surface area contributed by atoms with Gasteiger partial charge in [-0.15, -0.1) is 0 Å². The van der Waals surface area contributed by atoms with Crippen LogP contribution >= 0.6 is 0 Å². The smallest absolute Gasteiger partial charge is 0.243 e. The summed E-state index contributed by atoms with van der Waals surface area (Å²) in [4.78, 5) is 11.1. The van der Waals surface area contributed by atoms with Gasteiger partial charge >= 0.3 is 0 Å². The molecule has 1 amide bonds. The summed E-state index contributed by atoms with van der Waals surface area (Å²) < 4.78 is 0. The van der Waals surface area contributed by atoms with Crippen molar-refractivity contribution in [2.45, 2.75) is 52.5 Å². The third-order valence-corrected chi connectivity index (χ3v) is 3.48. The van der Waals surface area contributed by atoms with E-state index in [0.29, 0.717) is 11.5 Å². The van der Waals surface area contributed by atoms with Gasteiger partial charge in [0.1, 0.15) is 0 Å². The fourth-order valence-corrected chi connectivity index (χ4v) is 2.36. The molecule has 1 N–H and O–H groups in total. The van der Waals surface area contributed by atoms with Crippen LogP contribution in [0.4, 0.5) is 0 Å². The van der Waals surface area contributed by atoms with E-state index in [9.17, 15) is 4.79 Å². The summed E-state index contributed by atoms with van der Waals surface area (Å²) >= 11 is 0. The van der Waals surface area contributed by atoms with Crippen molar-refractivity contribution in [2.75, 3.05) is 0 Å². The standard InChI is InChI=1S/C13H23NO/c1-5-12(15)14-11-8-6-10(7-9-11)13(2,3)4/h5,10-11H,1,6-9H2,2-4H3,(H,14,15). The number of rotatable bonds is 2. The predicted octanol–water partition coefficient (Wildman–Crippen LogP) is 2.89. The van der Waals surface area contributed by atoms with E-state index in [2.05, 4.69) is 32.7 Å². The molecule has 0 atom stereocenters. The van der Waals surface area contributed by atoms with Gasteiger partial charge in [-0.25, -0.2) is 0 Å². The van der Waals surface area contributed by atoms with E-state index < -0.39 is 0 Å². The van der Waals surface area contributed by atoms with E-state index in [-0.39, 0.29) is 5.91 Å². The first-order valence-corrected chi connectivity index (χ1v) is 5.86. The molecule has 0 heterocycles. The Hall–Kier alpha value is -0.790. The van der Waals surface area contributed by atoms with Gasteiger partial charge in [0.2, 0.25) is 5.91 Å². The number of hydrogen-bond acceptors (Lipinski definition) is 1. The summed E-state index contributed by atoms with van der Waals surface area (Å²) in [6.07, 6.45) is 6.04. The average molecular weight is 209 g/mol. The Morgan fingerprint density at radius 2 is 1.80 bits per heavy atom. The summed E-state index contributed by atoms with van der Waals surface area (Å²) in [5.74, 6) is 0.767. The van der Waals surface area contributed by atoms with Gasteiger partial charge in [-0.2, -0.15) is 0 Å². The van der Waals surface area contributed by atoms with Gasteiger partial charge in [-0.05, 0) is 43.1 Å². The Morgan fingerprint density at radius 3 is 2.20 bits per heavy atom. The summed E-state index contributed by atoms with van der Waals surface area (Å²) in [6.45, 7) is 10.4. The van der Waals surface area contributed by atoms with Crippen molar-refractivity contribution in [2.24, 2.45) is 11.3 Å². The van der Waals surface area contributed by atoms with Crippen molar-refractivity contribution in [1.29, 1.82) is 0 Å². The van der Waals surface area contributed by atoms with Crippen LogP contribution in [0.3, 0.4) is 0 Å². The van der Waals surface area contributed by atoms with Crippen LogP contribution in [0.15, 0.2) is 12.7 Å². The molecule has 0 aromatic rings. The van der Waals surface area contributed by atoms with E-state index in [1.165, 1.54) is 18.9 Å². The minimum absolute atomic E-state index is 0.0331. The average Bonchev–Trinajstić information content (AvgIpc) is 2.17. The quantitative estimate of drug-likeness (QED) is 0.696. The minimum atomic E-state index is -0.0331. The molecule has 0 spiro atoms. The molecule has 0 radical (unpaired) electrons. The maximum Gasteiger partial charge on any atom is 0.243 e. The van der Waals surface area contributed by atoms with Crippen molar-refractivity contribution in [3.8, 4) is 0 Å². The van der Waals surface area contributed by atoms with Crippen LogP contribution in [-0.4, -0.2) is 11.9 Å². The maximum atomic E-state index is 11.1. The zero-order valence-corrected chi connectivity index (χ0v) is 10.2. The molecule has 0 aliphatic heterocycles. The maximum absolute atomic E-state index is 11.1. The second-order valence-electron chi connectivity index (χ2n) is 5.63. The molecule has 1 aliphatic carbocycles. The predicted molar refractivity (Wildman–Crippen MR) is 63.5 cm³/mol. The van der Waals surface area contributed by atoms with E-state index in [0.717, 1.165) is 18.8 Å². The highest BCUT2D eigenvalue weighted by atomic mass is 16.1. The van der Waals surface area contributed by atoms with Crippen molar-refractivity contribution in [3.05, 3.63) is 12.7 Å². The zero-order valence-electron chi connectivity index (χ0n) is 10.2. The van der Waals surface area contributed by atoms with E-state index in [1.54, 1.807) is 0 Å². The highest BCUT2D eigenvalue weighted by molar-refractivity contribution is 5.87. The lowest BCUT2D eigenvalue weighted by Gasteiger charge is -2.37. The van der Waals surface area contributed by atoms with Crippen LogP contribution in [-0.2, 0) is 4.79 Å². The molecule has 15 heavy (non-hydrogen) atoms. The SMILES string of the molecule is C=CC(=O)NC1CCC(C(C)(C)C)CC1. The molecule has 0 saturated heterocycles.